The van der Waals surface area contributed by atoms with Gasteiger partial charge in [0.1, 0.15) is 0 Å². The van der Waals surface area contributed by atoms with E-state index in [0.29, 0.717) is 19.4 Å². The van der Waals surface area contributed by atoms with Gasteiger partial charge in [0.15, 0.2) is 0 Å². The lowest BCUT2D eigenvalue weighted by atomic mass is 9.83. The molecule has 0 aromatic carbocycles. The molecule has 0 aliphatic carbocycles. The van der Waals surface area contributed by atoms with Gasteiger partial charge in [-0.05, 0) is 12.8 Å². The summed E-state index contributed by atoms with van der Waals surface area (Å²) in [5.41, 5.74) is -0.344. The molecule has 1 fully saturated rings. The fraction of sp³-hybridized carbons (Fsp3) is 0.800. The minimum atomic E-state index is -0.344. The van der Waals surface area contributed by atoms with Crippen molar-refractivity contribution in [3.05, 3.63) is 0 Å². The van der Waals surface area contributed by atoms with Crippen LogP contribution >= 0.6 is 0 Å². The van der Waals surface area contributed by atoms with Crippen molar-refractivity contribution in [3.8, 4) is 0 Å². The Morgan fingerprint density at radius 2 is 2.00 bits per heavy atom. The van der Waals surface area contributed by atoms with E-state index in [9.17, 15) is 9.59 Å². The van der Waals surface area contributed by atoms with Crippen LogP contribution in [0.25, 0.3) is 0 Å². The maximum absolute atomic E-state index is 11.8. The van der Waals surface area contributed by atoms with Gasteiger partial charge in [-0.25, -0.2) is 0 Å². The number of carbonyl (C=O) groups is 2. The number of carbonyl (C=O) groups excluding carboxylic acids is 2. The smallest absolute Gasteiger partial charge is 0.234 e. The van der Waals surface area contributed by atoms with E-state index >= 15 is 0 Å². The van der Waals surface area contributed by atoms with Crippen molar-refractivity contribution >= 4 is 11.8 Å². The summed E-state index contributed by atoms with van der Waals surface area (Å²) in [6, 6.07) is 0. The molecule has 1 aliphatic heterocycles. The van der Waals surface area contributed by atoms with E-state index in [-0.39, 0.29) is 17.2 Å². The predicted molar refractivity (Wildman–Crippen MR) is 50.0 cm³/mol. The molecular formula is C10H17NO2. The molecule has 74 valence electrons. The molecule has 0 aromatic rings. The zero-order chi connectivity index (χ0) is 10.1. The van der Waals surface area contributed by atoms with Crippen molar-refractivity contribution in [1.82, 2.24) is 4.90 Å². The third kappa shape index (κ3) is 1.90. The highest BCUT2D eigenvalue weighted by Crippen LogP contribution is 2.30. The number of likely N-dealkylation sites (tertiary alicyclic amines) is 1. The molecule has 2 amide bonds. The molecule has 0 bridgehead atoms. The number of piperidine rings is 1. The molecule has 0 radical (unpaired) electrons. The Morgan fingerprint density at radius 1 is 1.38 bits per heavy atom. The second-order valence-corrected chi connectivity index (χ2v) is 4.23. The monoisotopic (exact) mass is 183 g/mol. The van der Waals surface area contributed by atoms with Gasteiger partial charge in [-0.15, -0.1) is 0 Å². The van der Waals surface area contributed by atoms with Crippen LogP contribution in [0.4, 0.5) is 0 Å². The number of amides is 2. The van der Waals surface area contributed by atoms with Crippen LogP contribution in [0.2, 0.25) is 0 Å². The third-order valence-corrected chi connectivity index (χ3v) is 2.54. The standard InChI is InChI=1S/C10H17NO2/c1-4-7-11-8(12)5-6-10(2,3)9(11)13/h4-7H2,1-3H3. The highest BCUT2D eigenvalue weighted by Gasteiger charge is 2.39. The average molecular weight is 183 g/mol. The second-order valence-electron chi connectivity index (χ2n) is 4.23. The summed E-state index contributed by atoms with van der Waals surface area (Å²) in [5, 5.41) is 0. The molecule has 0 N–H and O–H groups in total. The number of hydrogen-bond acceptors (Lipinski definition) is 2. The summed E-state index contributed by atoms with van der Waals surface area (Å²) >= 11 is 0. The van der Waals surface area contributed by atoms with Gasteiger partial charge in [-0.3, -0.25) is 14.5 Å². The van der Waals surface area contributed by atoms with Gasteiger partial charge in [-0.1, -0.05) is 20.8 Å². The maximum atomic E-state index is 11.8. The van der Waals surface area contributed by atoms with E-state index in [0.717, 1.165) is 6.42 Å². The number of nitrogens with zero attached hydrogens (tertiary/aromatic N) is 1. The minimum absolute atomic E-state index is 0.00817. The van der Waals surface area contributed by atoms with Crippen molar-refractivity contribution < 1.29 is 9.59 Å². The van der Waals surface area contributed by atoms with Crippen LogP contribution in [0.1, 0.15) is 40.0 Å². The van der Waals surface area contributed by atoms with Crippen LogP contribution in [0.3, 0.4) is 0 Å². The average Bonchev–Trinajstić information content (AvgIpc) is 2.07. The van der Waals surface area contributed by atoms with Crippen molar-refractivity contribution in [1.29, 1.82) is 0 Å². The molecule has 0 saturated carbocycles. The lowest BCUT2D eigenvalue weighted by Crippen LogP contribution is -2.49. The van der Waals surface area contributed by atoms with E-state index in [1.807, 2.05) is 20.8 Å². The summed E-state index contributed by atoms with van der Waals surface area (Å²) in [4.78, 5) is 24.5. The molecule has 1 saturated heterocycles. The fourth-order valence-corrected chi connectivity index (χ4v) is 1.59. The first-order valence-corrected chi connectivity index (χ1v) is 4.84. The Balaban J connectivity index is 2.79. The van der Waals surface area contributed by atoms with Crippen LogP contribution < -0.4 is 0 Å². The van der Waals surface area contributed by atoms with Gasteiger partial charge in [0.25, 0.3) is 0 Å². The molecule has 13 heavy (non-hydrogen) atoms. The van der Waals surface area contributed by atoms with Gasteiger partial charge in [0.2, 0.25) is 11.8 Å². The Morgan fingerprint density at radius 3 is 2.54 bits per heavy atom. The SMILES string of the molecule is CCCN1C(=O)CCC(C)(C)C1=O. The molecule has 1 aliphatic rings. The Labute approximate surface area is 79.1 Å². The zero-order valence-electron chi connectivity index (χ0n) is 8.59. The van der Waals surface area contributed by atoms with Gasteiger partial charge >= 0.3 is 0 Å². The summed E-state index contributed by atoms with van der Waals surface area (Å²) in [5.74, 6) is -0.0169. The normalized spacial score (nSPS) is 22.2. The summed E-state index contributed by atoms with van der Waals surface area (Å²) in [6.07, 6.45) is 2.04. The van der Waals surface area contributed by atoms with Gasteiger partial charge in [-0.2, -0.15) is 0 Å². The molecule has 3 heteroatoms. The van der Waals surface area contributed by atoms with Crippen LogP contribution in [0, 0.1) is 5.41 Å². The molecule has 0 aromatic heterocycles. The molecule has 0 atom stereocenters. The van der Waals surface area contributed by atoms with Crippen molar-refractivity contribution in [3.63, 3.8) is 0 Å². The van der Waals surface area contributed by atoms with E-state index in [1.54, 1.807) is 0 Å². The quantitative estimate of drug-likeness (QED) is 0.609. The Bertz CT molecular complexity index is 233. The Kier molecular flexibility index (Phi) is 2.74. The van der Waals surface area contributed by atoms with Gasteiger partial charge < -0.3 is 0 Å². The Hall–Kier alpha value is -0.860. The first-order valence-electron chi connectivity index (χ1n) is 4.84. The zero-order valence-corrected chi connectivity index (χ0v) is 8.59. The minimum Gasteiger partial charge on any atom is -0.282 e. The highest BCUT2D eigenvalue weighted by atomic mass is 16.2. The first-order chi connectivity index (χ1) is 5.99. The van der Waals surface area contributed by atoms with Crippen molar-refractivity contribution in [2.45, 2.75) is 40.0 Å². The first kappa shape index (κ1) is 10.2. The lowest BCUT2D eigenvalue weighted by molar-refractivity contribution is -0.156. The van der Waals surface area contributed by atoms with Crippen molar-refractivity contribution in [2.24, 2.45) is 5.41 Å². The van der Waals surface area contributed by atoms with E-state index < -0.39 is 0 Å². The highest BCUT2D eigenvalue weighted by molar-refractivity contribution is 6.00. The van der Waals surface area contributed by atoms with Crippen molar-refractivity contribution in [2.75, 3.05) is 6.54 Å². The topological polar surface area (TPSA) is 37.4 Å². The summed E-state index contributed by atoms with van der Waals surface area (Å²) in [7, 11) is 0. The second kappa shape index (κ2) is 3.48. The molecule has 1 heterocycles. The summed E-state index contributed by atoms with van der Waals surface area (Å²) in [6.45, 7) is 6.36. The lowest BCUT2D eigenvalue weighted by Gasteiger charge is -2.35. The molecule has 1 rings (SSSR count). The number of rotatable bonds is 2. The molecule has 0 unspecified atom stereocenters. The van der Waals surface area contributed by atoms with Gasteiger partial charge in [0, 0.05) is 18.4 Å². The summed E-state index contributed by atoms with van der Waals surface area (Å²) < 4.78 is 0. The molecular weight excluding hydrogens is 166 g/mol. The molecule has 3 nitrogen and oxygen atoms in total. The number of hydrogen-bond donors (Lipinski definition) is 0. The van der Waals surface area contributed by atoms with Crippen LogP contribution in [0.5, 0.6) is 0 Å². The number of imide groups is 1. The largest absolute Gasteiger partial charge is 0.282 e. The fourth-order valence-electron chi connectivity index (χ4n) is 1.59. The third-order valence-electron chi connectivity index (χ3n) is 2.54. The van der Waals surface area contributed by atoms with E-state index in [1.165, 1.54) is 4.90 Å². The van der Waals surface area contributed by atoms with Crippen LogP contribution in [-0.2, 0) is 9.59 Å². The molecule has 0 spiro atoms. The van der Waals surface area contributed by atoms with Gasteiger partial charge in [0.05, 0.1) is 0 Å². The maximum Gasteiger partial charge on any atom is 0.234 e. The van der Waals surface area contributed by atoms with E-state index in [4.69, 9.17) is 0 Å². The predicted octanol–water partition coefficient (Wildman–Crippen LogP) is 1.57. The van der Waals surface area contributed by atoms with Crippen LogP contribution in [-0.4, -0.2) is 23.3 Å². The van der Waals surface area contributed by atoms with E-state index in [2.05, 4.69) is 0 Å². The van der Waals surface area contributed by atoms with Crippen LogP contribution in [0.15, 0.2) is 0 Å².